The zero-order chi connectivity index (χ0) is 28.6. The topological polar surface area (TPSA) is 202 Å². The summed E-state index contributed by atoms with van der Waals surface area (Å²) < 4.78 is 0. The van der Waals surface area contributed by atoms with E-state index in [4.69, 9.17) is 34.4 Å². The van der Waals surface area contributed by atoms with E-state index in [1.807, 2.05) is 0 Å². The highest BCUT2D eigenvalue weighted by atomic mass is 15.2. The Morgan fingerprint density at radius 3 is 0.897 bits per heavy atom. The van der Waals surface area contributed by atoms with Crippen molar-refractivity contribution in [1.29, 1.82) is 0 Å². The molecule has 0 saturated carbocycles. The van der Waals surface area contributed by atoms with E-state index < -0.39 is 0 Å². The first-order chi connectivity index (χ1) is 19.1. The maximum Gasteiger partial charge on any atom is 0.0235 e. The number of nitrogens with zero attached hydrogens (tertiary/aromatic N) is 3. The van der Waals surface area contributed by atoms with Gasteiger partial charge >= 0.3 is 0 Å². The molecular weight excluding hydrogens is 492 g/mol. The maximum absolute atomic E-state index is 5.96. The van der Waals surface area contributed by atoms with Crippen LogP contribution in [-0.2, 0) is 19.6 Å². The van der Waals surface area contributed by atoms with Gasteiger partial charge < -0.3 is 50.4 Å². The number of nitrogens with two attached hydrogens (primary N) is 6. The molecule has 12 heteroatoms. The van der Waals surface area contributed by atoms with Crippen LogP contribution in [0.2, 0.25) is 0 Å². The van der Waals surface area contributed by atoms with E-state index in [0.717, 1.165) is 98.2 Å². The summed E-state index contributed by atoms with van der Waals surface area (Å²) in [6.07, 6.45) is 0. The summed E-state index contributed by atoms with van der Waals surface area (Å²) in [7, 11) is 0. The minimum atomic E-state index is 0.629. The summed E-state index contributed by atoms with van der Waals surface area (Å²) in [5.41, 5.74) is 38.7. The Balaban J connectivity index is 3.09. The molecule has 0 heterocycles. The van der Waals surface area contributed by atoms with Gasteiger partial charge in [0.15, 0.2) is 0 Å². The standard InChI is InChI=1S/C27H60N12/c28-1-7-34-10-16-37(13-4-31)22-25-19-26(23-38(14-5-32)17-11-35-8-2-29)21-27(20-25)24-39(15-6-33)18-12-36-9-3-30/h19-21,34-36H,1-18,22-24,28-33H2. The van der Waals surface area contributed by atoms with Crippen molar-refractivity contribution in [2.75, 3.05) is 118 Å². The average molecular weight is 553 g/mol. The zero-order valence-corrected chi connectivity index (χ0v) is 24.4. The van der Waals surface area contributed by atoms with E-state index >= 15 is 0 Å². The second-order valence-electron chi connectivity index (χ2n) is 9.97. The van der Waals surface area contributed by atoms with Crippen molar-refractivity contribution >= 4 is 0 Å². The summed E-state index contributed by atoms with van der Waals surface area (Å²) in [6.45, 7) is 16.8. The van der Waals surface area contributed by atoms with E-state index in [2.05, 4.69) is 48.8 Å². The zero-order valence-electron chi connectivity index (χ0n) is 24.4. The van der Waals surface area contributed by atoms with Crippen molar-refractivity contribution in [1.82, 2.24) is 30.7 Å². The van der Waals surface area contributed by atoms with Gasteiger partial charge in [0, 0.05) is 137 Å². The van der Waals surface area contributed by atoms with Crippen molar-refractivity contribution in [3.8, 4) is 0 Å². The molecule has 0 aliphatic rings. The Kier molecular flexibility index (Phi) is 22.5. The number of rotatable bonds is 27. The normalized spacial score (nSPS) is 11.9. The van der Waals surface area contributed by atoms with Crippen LogP contribution in [0.1, 0.15) is 16.7 Å². The van der Waals surface area contributed by atoms with Crippen LogP contribution in [0.25, 0.3) is 0 Å². The van der Waals surface area contributed by atoms with Gasteiger partial charge in [-0.1, -0.05) is 18.2 Å². The molecule has 0 fully saturated rings. The number of hydrogen-bond donors (Lipinski definition) is 9. The van der Waals surface area contributed by atoms with Crippen LogP contribution in [-0.4, -0.2) is 133 Å². The SMILES string of the molecule is NCCNCCN(CCN)Cc1cc(CN(CCN)CCNCCN)cc(CN(CCN)CCNCCN)c1. The summed E-state index contributed by atoms with van der Waals surface area (Å²) in [4.78, 5) is 7.24. The van der Waals surface area contributed by atoms with Crippen molar-refractivity contribution < 1.29 is 0 Å². The fraction of sp³-hybridized carbons (Fsp3) is 0.778. The third kappa shape index (κ3) is 17.9. The lowest BCUT2D eigenvalue weighted by Crippen LogP contribution is -2.37. The van der Waals surface area contributed by atoms with Crippen molar-refractivity contribution in [2.24, 2.45) is 34.4 Å². The third-order valence-electron chi connectivity index (χ3n) is 6.44. The molecule has 0 spiro atoms. The Bertz CT molecular complexity index is 590. The number of benzene rings is 1. The van der Waals surface area contributed by atoms with Gasteiger partial charge in [-0.05, 0) is 16.7 Å². The average Bonchev–Trinajstić information content (AvgIpc) is 2.91. The second kappa shape index (κ2) is 24.5. The van der Waals surface area contributed by atoms with E-state index in [0.29, 0.717) is 39.3 Å². The lowest BCUT2D eigenvalue weighted by atomic mass is 10.0. The fourth-order valence-corrected chi connectivity index (χ4v) is 4.64. The summed E-state index contributed by atoms with van der Waals surface area (Å²) >= 11 is 0. The number of nitrogens with one attached hydrogen (secondary N) is 3. The highest BCUT2D eigenvalue weighted by Crippen LogP contribution is 2.17. The highest BCUT2D eigenvalue weighted by molar-refractivity contribution is 5.30. The summed E-state index contributed by atoms with van der Waals surface area (Å²) in [5.74, 6) is 0. The van der Waals surface area contributed by atoms with Gasteiger partial charge in [0.1, 0.15) is 0 Å². The molecule has 0 radical (unpaired) electrons. The molecule has 0 bridgehead atoms. The van der Waals surface area contributed by atoms with E-state index in [9.17, 15) is 0 Å². The first-order valence-corrected chi connectivity index (χ1v) is 14.7. The van der Waals surface area contributed by atoms with Crippen LogP contribution in [0.4, 0.5) is 0 Å². The number of hydrogen-bond acceptors (Lipinski definition) is 12. The van der Waals surface area contributed by atoms with Gasteiger partial charge in [-0.25, -0.2) is 0 Å². The molecule has 0 unspecified atom stereocenters. The van der Waals surface area contributed by atoms with Gasteiger partial charge in [-0.15, -0.1) is 0 Å². The van der Waals surface area contributed by atoms with Crippen LogP contribution >= 0.6 is 0 Å². The molecule has 0 amide bonds. The fourth-order valence-electron chi connectivity index (χ4n) is 4.64. The molecule has 39 heavy (non-hydrogen) atoms. The Morgan fingerprint density at radius 1 is 0.385 bits per heavy atom. The molecular formula is C27H60N12. The molecule has 0 aliphatic carbocycles. The van der Waals surface area contributed by atoms with Crippen molar-refractivity contribution in [3.05, 3.63) is 34.9 Å². The molecule has 0 saturated heterocycles. The maximum atomic E-state index is 5.96. The smallest absolute Gasteiger partial charge is 0.0235 e. The molecule has 0 atom stereocenters. The van der Waals surface area contributed by atoms with E-state index in [1.54, 1.807) is 0 Å². The minimum Gasteiger partial charge on any atom is -0.329 e. The molecule has 15 N–H and O–H groups in total. The predicted molar refractivity (Wildman–Crippen MR) is 165 cm³/mol. The first-order valence-electron chi connectivity index (χ1n) is 14.7. The van der Waals surface area contributed by atoms with Gasteiger partial charge in [0.05, 0.1) is 0 Å². The van der Waals surface area contributed by atoms with Crippen LogP contribution in [0.5, 0.6) is 0 Å². The molecule has 12 nitrogen and oxygen atoms in total. The van der Waals surface area contributed by atoms with Crippen LogP contribution in [0, 0.1) is 0 Å². The summed E-state index contributed by atoms with van der Waals surface area (Å²) in [6, 6.07) is 7.02. The van der Waals surface area contributed by atoms with Crippen molar-refractivity contribution in [2.45, 2.75) is 19.6 Å². The molecule has 1 aromatic rings. The molecule has 228 valence electrons. The Morgan fingerprint density at radius 2 is 0.667 bits per heavy atom. The van der Waals surface area contributed by atoms with Gasteiger partial charge in [0.25, 0.3) is 0 Å². The van der Waals surface area contributed by atoms with Crippen LogP contribution in [0.3, 0.4) is 0 Å². The highest BCUT2D eigenvalue weighted by Gasteiger charge is 2.13. The Labute approximate surface area is 237 Å². The third-order valence-corrected chi connectivity index (χ3v) is 6.44. The molecule has 1 rings (SSSR count). The largest absolute Gasteiger partial charge is 0.329 e. The predicted octanol–water partition coefficient (Wildman–Crippen LogP) is -3.39. The van der Waals surface area contributed by atoms with E-state index in [1.165, 1.54) is 16.7 Å². The molecule has 0 aromatic heterocycles. The summed E-state index contributed by atoms with van der Waals surface area (Å²) in [5, 5.41) is 10.2. The van der Waals surface area contributed by atoms with Crippen LogP contribution in [0.15, 0.2) is 18.2 Å². The van der Waals surface area contributed by atoms with E-state index in [-0.39, 0.29) is 0 Å². The first kappa shape index (κ1) is 35.8. The quantitative estimate of drug-likeness (QED) is 0.0491. The lowest BCUT2D eigenvalue weighted by molar-refractivity contribution is 0.264. The minimum absolute atomic E-state index is 0.629. The van der Waals surface area contributed by atoms with Gasteiger partial charge in [0.2, 0.25) is 0 Å². The molecule has 1 aromatic carbocycles. The Hall–Kier alpha value is -1.26. The monoisotopic (exact) mass is 553 g/mol. The molecule has 0 aliphatic heterocycles. The van der Waals surface area contributed by atoms with Crippen molar-refractivity contribution in [3.63, 3.8) is 0 Å². The van der Waals surface area contributed by atoms with Gasteiger partial charge in [-0.3, -0.25) is 14.7 Å². The van der Waals surface area contributed by atoms with Crippen LogP contribution < -0.4 is 50.4 Å². The second-order valence-corrected chi connectivity index (χ2v) is 9.97. The van der Waals surface area contributed by atoms with Gasteiger partial charge in [-0.2, -0.15) is 0 Å². The lowest BCUT2D eigenvalue weighted by Gasteiger charge is -2.26.